The highest BCUT2D eigenvalue weighted by molar-refractivity contribution is 5.61. The fourth-order valence-electron chi connectivity index (χ4n) is 2.16. The normalized spacial score (nSPS) is 10.5. The van der Waals surface area contributed by atoms with Gasteiger partial charge in [-0.2, -0.15) is 0 Å². The average Bonchev–Trinajstić information content (AvgIpc) is 3.00. The summed E-state index contributed by atoms with van der Waals surface area (Å²) in [7, 11) is 1.66. The molecule has 3 aromatic rings. The van der Waals surface area contributed by atoms with Crippen LogP contribution in [0.5, 0.6) is 11.5 Å². The Morgan fingerprint density at radius 1 is 0.955 bits per heavy atom. The summed E-state index contributed by atoms with van der Waals surface area (Å²) in [5.74, 6) is 2.45. The van der Waals surface area contributed by atoms with E-state index in [-0.39, 0.29) is 0 Å². The highest BCUT2D eigenvalue weighted by Gasteiger charge is 2.06. The molecule has 1 heterocycles. The zero-order valence-electron chi connectivity index (χ0n) is 12.6. The summed E-state index contributed by atoms with van der Waals surface area (Å²) < 4.78 is 16.2. The molecular weight excluding hydrogens is 278 g/mol. The van der Waals surface area contributed by atoms with Gasteiger partial charge in [-0.15, -0.1) is 0 Å². The summed E-state index contributed by atoms with van der Waals surface area (Å²) in [5.41, 5.74) is 3.11. The van der Waals surface area contributed by atoms with E-state index in [4.69, 9.17) is 14.0 Å². The molecule has 0 aliphatic carbocycles. The Morgan fingerprint density at radius 2 is 1.64 bits per heavy atom. The highest BCUT2D eigenvalue weighted by atomic mass is 16.5. The van der Waals surface area contributed by atoms with Crippen LogP contribution in [0.15, 0.2) is 59.3 Å². The fourth-order valence-corrected chi connectivity index (χ4v) is 2.16. The van der Waals surface area contributed by atoms with Crippen LogP contribution in [-0.4, -0.2) is 12.3 Å². The minimum atomic E-state index is 0.519. The summed E-state index contributed by atoms with van der Waals surface area (Å²) in [6.45, 7) is 2.49. The van der Waals surface area contributed by atoms with Crippen molar-refractivity contribution in [2.45, 2.75) is 13.5 Å². The third kappa shape index (κ3) is 3.11. The molecule has 0 aliphatic rings. The number of methoxy groups -OCH3 is 1. The minimum Gasteiger partial charge on any atom is -0.497 e. The number of aromatic nitrogens is 1. The molecule has 0 N–H and O–H groups in total. The highest BCUT2D eigenvalue weighted by Crippen LogP contribution is 2.25. The summed E-state index contributed by atoms with van der Waals surface area (Å²) in [6, 6.07) is 15.6. The van der Waals surface area contributed by atoms with Gasteiger partial charge >= 0.3 is 0 Å². The zero-order valence-corrected chi connectivity index (χ0v) is 12.6. The van der Waals surface area contributed by atoms with E-state index in [0.29, 0.717) is 6.61 Å². The lowest BCUT2D eigenvalue weighted by Crippen LogP contribution is -1.95. The van der Waals surface area contributed by atoms with Crippen molar-refractivity contribution < 1.29 is 14.0 Å². The maximum absolute atomic E-state index is 5.78. The maximum atomic E-state index is 5.78. The summed E-state index contributed by atoms with van der Waals surface area (Å²) in [6.07, 6.45) is 1.71. The fraction of sp³-hybridized carbons (Fsp3) is 0.167. The number of hydrogen-bond donors (Lipinski definition) is 0. The van der Waals surface area contributed by atoms with Crippen molar-refractivity contribution in [1.29, 1.82) is 0 Å². The van der Waals surface area contributed by atoms with Crippen molar-refractivity contribution >= 4 is 0 Å². The van der Waals surface area contributed by atoms with E-state index in [9.17, 15) is 0 Å². The van der Waals surface area contributed by atoms with Crippen LogP contribution in [0.2, 0.25) is 0 Å². The van der Waals surface area contributed by atoms with E-state index in [1.54, 1.807) is 13.3 Å². The maximum Gasteiger partial charge on any atom is 0.169 e. The Bertz CT molecular complexity index is 730. The van der Waals surface area contributed by atoms with E-state index >= 15 is 0 Å². The van der Waals surface area contributed by atoms with Gasteiger partial charge in [0.1, 0.15) is 18.1 Å². The Hall–Kier alpha value is -2.75. The average molecular weight is 295 g/mol. The van der Waals surface area contributed by atoms with Crippen LogP contribution in [0, 0.1) is 6.92 Å². The van der Waals surface area contributed by atoms with Crippen LogP contribution in [0.3, 0.4) is 0 Å². The van der Waals surface area contributed by atoms with Crippen LogP contribution >= 0.6 is 0 Å². The molecule has 0 bridgehead atoms. The van der Waals surface area contributed by atoms with Crippen LogP contribution in [-0.2, 0) is 6.61 Å². The molecule has 2 aromatic carbocycles. The first-order valence-electron chi connectivity index (χ1n) is 7.04. The van der Waals surface area contributed by atoms with Gasteiger partial charge in [-0.3, -0.25) is 0 Å². The first-order chi connectivity index (χ1) is 10.8. The van der Waals surface area contributed by atoms with Gasteiger partial charge < -0.3 is 14.0 Å². The second-order valence-corrected chi connectivity index (χ2v) is 5.00. The Kier molecular flexibility index (Phi) is 4.10. The number of aryl methyl sites for hydroxylation is 1. The largest absolute Gasteiger partial charge is 0.497 e. The molecule has 0 unspecified atom stereocenters. The second-order valence-electron chi connectivity index (χ2n) is 5.00. The topological polar surface area (TPSA) is 44.5 Å². The predicted molar refractivity (Wildman–Crippen MR) is 84.0 cm³/mol. The van der Waals surface area contributed by atoms with Gasteiger partial charge in [0.2, 0.25) is 0 Å². The van der Waals surface area contributed by atoms with Crippen LogP contribution < -0.4 is 9.47 Å². The second kappa shape index (κ2) is 6.35. The minimum absolute atomic E-state index is 0.519. The third-order valence-corrected chi connectivity index (χ3v) is 3.43. The van der Waals surface area contributed by atoms with Gasteiger partial charge in [0.05, 0.1) is 13.3 Å². The zero-order chi connectivity index (χ0) is 15.4. The van der Waals surface area contributed by atoms with Gasteiger partial charge in [0, 0.05) is 11.1 Å². The molecule has 0 spiro atoms. The number of benzene rings is 2. The van der Waals surface area contributed by atoms with Crippen molar-refractivity contribution in [2.24, 2.45) is 0 Å². The first-order valence-corrected chi connectivity index (χ1v) is 7.04. The lowest BCUT2D eigenvalue weighted by atomic mass is 10.1. The molecule has 3 rings (SSSR count). The SMILES string of the molecule is COc1ccc(COc2ccc(-c3oncc3C)cc2)cc1. The molecule has 0 aliphatic heterocycles. The monoisotopic (exact) mass is 295 g/mol. The smallest absolute Gasteiger partial charge is 0.169 e. The van der Waals surface area contributed by atoms with Crippen molar-refractivity contribution in [3.05, 3.63) is 65.9 Å². The molecular formula is C18H17NO3. The number of hydrogen-bond acceptors (Lipinski definition) is 4. The van der Waals surface area contributed by atoms with Crippen LogP contribution in [0.4, 0.5) is 0 Å². The third-order valence-electron chi connectivity index (χ3n) is 3.43. The predicted octanol–water partition coefficient (Wildman–Crippen LogP) is 4.24. The molecule has 112 valence electrons. The van der Waals surface area contributed by atoms with E-state index in [0.717, 1.165) is 33.9 Å². The van der Waals surface area contributed by atoms with Crippen molar-refractivity contribution in [3.63, 3.8) is 0 Å². The molecule has 0 saturated heterocycles. The molecule has 4 heteroatoms. The van der Waals surface area contributed by atoms with Crippen LogP contribution in [0.1, 0.15) is 11.1 Å². The van der Waals surface area contributed by atoms with Gasteiger partial charge in [0.15, 0.2) is 5.76 Å². The first kappa shape index (κ1) is 14.2. The Morgan fingerprint density at radius 3 is 2.23 bits per heavy atom. The van der Waals surface area contributed by atoms with Crippen molar-refractivity contribution in [2.75, 3.05) is 7.11 Å². The molecule has 4 nitrogen and oxygen atoms in total. The van der Waals surface area contributed by atoms with E-state index in [1.165, 1.54) is 0 Å². The molecule has 0 saturated carbocycles. The number of rotatable bonds is 5. The van der Waals surface area contributed by atoms with Gasteiger partial charge in [-0.05, 0) is 48.9 Å². The van der Waals surface area contributed by atoms with Gasteiger partial charge in [-0.25, -0.2) is 0 Å². The van der Waals surface area contributed by atoms with Crippen molar-refractivity contribution in [3.8, 4) is 22.8 Å². The molecule has 0 atom stereocenters. The molecule has 0 fully saturated rings. The summed E-state index contributed by atoms with van der Waals surface area (Å²) in [4.78, 5) is 0. The van der Waals surface area contributed by atoms with E-state index < -0.39 is 0 Å². The van der Waals surface area contributed by atoms with E-state index in [1.807, 2.05) is 55.5 Å². The van der Waals surface area contributed by atoms with Gasteiger partial charge in [-0.1, -0.05) is 17.3 Å². The standard InChI is InChI=1S/C18H17NO3/c1-13-11-19-22-18(13)15-5-9-17(10-6-15)21-12-14-3-7-16(20-2)8-4-14/h3-11H,12H2,1-2H3. The molecule has 0 amide bonds. The van der Waals surface area contributed by atoms with E-state index in [2.05, 4.69) is 5.16 Å². The van der Waals surface area contributed by atoms with Gasteiger partial charge in [0.25, 0.3) is 0 Å². The molecule has 22 heavy (non-hydrogen) atoms. The summed E-state index contributed by atoms with van der Waals surface area (Å²) >= 11 is 0. The Balaban J connectivity index is 1.64. The summed E-state index contributed by atoms with van der Waals surface area (Å²) in [5, 5.41) is 3.79. The molecule has 1 aromatic heterocycles. The molecule has 0 radical (unpaired) electrons. The number of nitrogens with zero attached hydrogens (tertiary/aromatic N) is 1. The lowest BCUT2D eigenvalue weighted by Gasteiger charge is -2.07. The lowest BCUT2D eigenvalue weighted by molar-refractivity contribution is 0.306. The Labute approximate surface area is 129 Å². The quantitative estimate of drug-likeness (QED) is 0.706. The number of ether oxygens (including phenoxy) is 2. The van der Waals surface area contributed by atoms with Crippen molar-refractivity contribution in [1.82, 2.24) is 5.16 Å². The van der Waals surface area contributed by atoms with Crippen LogP contribution in [0.25, 0.3) is 11.3 Å².